The SMILES string of the molecule is CC(C)(C)OC(=O)N1CCC(CNC(=O)c2cnc(-c3ccccc3)o2)C1. The second-order valence-electron chi connectivity index (χ2n) is 7.69. The smallest absolute Gasteiger partial charge is 0.410 e. The number of nitrogens with zero attached hydrogens (tertiary/aromatic N) is 2. The molecule has 7 nitrogen and oxygen atoms in total. The predicted molar refractivity (Wildman–Crippen MR) is 100 cm³/mol. The summed E-state index contributed by atoms with van der Waals surface area (Å²) in [7, 11) is 0. The second kappa shape index (κ2) is 7.82. The standard InChI is InChI=1S/C20H25N3O4/c1-20(2,3)27-19(25)23-10-9-14(13-23)11-21-17(24)16-12-22-18(26-16)15-7-5-4-6-8-15/h4-8,12,14H,9-11,13H2,1-3H3,(H,21,24). The zero-order chi connectivity index (χ0) is 19.4. The van der Waals surface area contributed by atoms with E-state index in [1.165, 1.54) is 6.20 Å². The van der Waals surface area contributed by atoms with Crippen molar-refractivity contribution in [2.75, 3.05) is 19.6 Å². The fraction of sp³-hybridized carbons (Fsp3) is 0.450. The molecule has 1 atom stereocenters. The van der Waals surface area contributed by atoms with Crippen molar-refractivity contribution < 1.29 is 18.7 Å². The average Bonchev–Trinajstić information content (AvgIpc) is 3.29. The molecule has 2 aromatic rings. The molecule has 2 amide bonds. The van der Waals surface area contributed by atoms with Gasteiger partial charge in [-0.05, 0) is 45.2 Å². The maximum Gasteiger partial charge on any atom is 0.410 e. The van der Waals surface area contributed by atoms with E-state index in [9.17, 15) is 9.59 Å². The summed E-state index contributed by atoms with van der Waals surface area (Å²) in [5.41, 5.74) is 0.312. The molecule has 1 aromatic carbocycles. The van der Waals surface area contributed by atoms with Crippen molar-refractivity contribution in [1.29, 1.82) is 0 Å². The van der Waals surface area contributed by atoms with Crippen molar-refractivity contribution in [1.82, 2.24) is 15.2 Å². The van der Waals surface area contributed by atoms with Gasteiger partial charge in [-0.1, -0.05) is 18.2 Å². The molecule has 0 saturated carbocycles. The summed E-state index contributed by atoms with van der Waals surface area (Å²) >= 11 is 0. The highest BCUT2D eigenvalue weighted by Gasteiger charge is 2.30. The van der Waals surface area contributed by atoms with E-state index in [1.54, 1.807) is 4.90 Å². The first-order valence-electron chi connectivity index (χ1n) is 9.09. The molecule has 1 N–H and O–H groups in total. The highest BCUT2D eigenvalue weighted by Crippen LogP contribution is 2.20. The van der Waals surface area contributed by atoms with Crippen LogP contribution in [0.25, 0.3) is 11.5 Å². The number of rotatable bonds is 4. The average molecular weight is 371 g/mol. The number of aromatic nitrogens is 1. The van der Waals surface area contributed by atoms with Gasteiger partial charge in [-0.2, -0.15) is 0 Å². The van der Waals surface area contributed by atoms with E-state index in [0.29, 0.717) is 25.5 Å². The summed E-state index contributed by atoms with van der Waals surface area (Å²) in [4.78, 5) is 30.2. The number of ether oxygens (including phenoxy) is 1. The van der Waals surface area contributed by atoms with Crippen molar-refractivity contribution in [2.24, 2.45) is 5.92 Å². The third-order valence-electron chi connectivity index (χ3n) is 4.24. The minimum atomic E-state index is -0.508. The van der Waals surface area contributed by atoms with Gasteiger partial charge in [0.05, 0.1) is 6.20 Å². The minimum absolute atomic E-state index is 0.177. The molecule has 0 aliphatic carbocycles. The Labute approximate surface area is 158 Å². The van der Waals surface area contributed by atoms with Gasteiger partial charge in [0.1, 0.15) is 5.60 Å². The van der Waals surface area contributed by atoms with Gasteiger partial charge in [0.2, 0.25) is 11.7 Å². The Morgan fingerprint density at radius 3 is 2.74 bits per heavy atom. The number of carbonyl (C=O) groups is 2. The lowest BCUT2D eigenvalue weighted by atomic mass is 10.1. The van der Waals surface area contributed by atoms with Crippen LogP contribution in [0.5, 0.6) is 0 Å². The largest absolute Gasteiger partial charge is 0.444 e. The fourth-order valence-corrected chi connectivity index (χ4v) is 2.91. The van der Waals surface area contributed by atoms with Gasteiger partial charge in [0, 0.05) is 25.2 Å². The van der Waals surface area contributed by atoms with Crippen LogP contribution in [0.4, 0.5) is 4.79 Å². The van der Waals surface area contributed by atoms with Gasteiger partial charge in [-0.3, -0.25) is 4.79 Å². The van der Waals surface area contributed by atoms with Gasteiger partial charge < -0.3 is 19.4 Å². The highest BCUT2D eigenvalue weighted by atomic mass is 16.6. The molecular formula is C20H25N3O4. The third kappa shape index (κ3) is 5.09. The number of amides is 2. The first kappa shape index (κ1) is 18.9. The van der Waals surface area contributed by atoms with E-state index < -0.39 is 5.60 Å². The molecule has 1 aromatic heterocycles. The Balaban J connectivity index is 1.49. The normalized spacial score (nSPS) is 17.0. The first-order chi connectivity index (χ1) is 12.8. The Bertz CT molecular complexity index is 795. The van der Waals surface area contributed by atoms with Crippen LogP contribution >= 0.6 is 0 Å². The Hall–Kier alpha value is -2.83. The quantitative estimate of drug-likeness (QED) is 0.891. The lowest BCUT2D eigenvalue weighted by Crippen LogP contribution is -2.36. The number of carbonyl (C=O) groups excluding carboxylic acids is 2. The molecule has 0 radical (unpaired) electrons. The molecule has 7 heteroatoms. The zero-order valence-electron chi connectivity index (χ0n) is 15.9. The molecule has 1 aliphatic rings. The van der Waals surface area contributed by atoms with Gasteiger partial charge in [-0.15, -0.1) is 0 Å². The van der Waals surface area contributed by atoms with Crippen molar-refractivity contribution in [3.8, 4) is 11.5 Å². The number of oxazole rings is 1. The van der Waals surface area contributed by atoms with E-state index in [1.807, 2.05) is 51.1 Å². The molecular weight excluding hydrogens is 346 g/mol. The van der Waals surface area contributed by atoms with Gasteiger partial charge in [0.15, 0.2) is 0 Å². The van der Waals surface area contributed by atoms with Gasteiger partial charge in [0.25, 0.3) is 5.91 Å². The van der Waals surface area contributed by atoms with E-state index in [4.69, 9.17) is 9.15 Å². The van der Waals surface area contributed by atoms with E-state index in [0.717, 1.165) is 12.0 Å². The number of hydrogen-bond acceptors (Lipinski definition) is 5. The number of hydrogen-bond donors (Lipinski definition) is 1. The van der Waals surface area contributed by atoms with Crippen LogP contribution in [-0.4, -0.2) is 47.1 Å². The highest BCUT2D eigenvalue weighted by molar-refractivity contribution is 5.91. The van der Waals surface area contributed by atoms with Gasteiger partial charge in [-0.25, -0.2) is 9.78 Å². The molecule has 1 unspecified atom stereocenters. The monoisotopic (exact) mass is 371 g/mol. The molecule has 0 spiro atoms. The van der Waals surface area contributed by atoms with Crippen LogP contribution in [0, 0.1) is 5.92 Å². The second-order valence-corrected chi connectivity index (χ2v) is 7.69. The molecule has 1 saturated heterocycles. The van der Waals surface area contributed by atoms with Crippen LogP contribution in [0.1, 0.15) is 37.7 Å². The Morgan fingerprint density at radius 1 is 1.30 bits per heavy atom. The lowest BCUT2D eigenvalue weighted by molar-refractivity contribution is 0.0288. The van der Waals surface area contributed by atoms with Crippen LogP contribution in [0.3, 0.4) is 0 Å². The van der Waals surface area contributed by atoms with E-state index in [-0.39, 0.29) is 23.7 Å². The molecule has 0 bridgehead atoms. The summed E-state index contributed by atoms with van der Waals surface area (Å²) in [5, 5.41) is 2.86. The van der Waals surface area contributed by atoms with Crippen molar-refractivity contribution in [2.45, 2.75) is 32.8 Å². The summed E-state index contributed by atoms with van der Waals surface area (Å²) in [6.07, 6.45) is 1.95. The molecule has 1 aliphatic heterocycles. The number of likely N-dealkylation sites (tertiary alicyclic amines) is 1. The molecule has 1 fully saturated rings. The topological polar surface area (TPSA) is 84.7 Å². The molecule has 144 valence electrons. The third-order valence-corrected chi connectivity index (χ3v) is 4.24. The summed E-state index contributed by atoms with van der Waals surface area (Å²) in [6.45, 7) is 7.22. The summed E-state index contributed by atoms with van der Waals surface area (Å²) < 4.78 is 10.9. The van der Waals surface area contributed by atoms with Crippen LogP contribution in [0.2, 0.25) is 0 Å². The summed E-state index contributed by atoms with van der Waals surface area (Å²) in [5.74, 6) is 0.479. The summed E-state index contributed by atoms with van der Waals surface area (Å²) in [6, 6.07) is 9.42. The molecule has 3 rings (SSSR count). The Kier molecular flexibility index (Phi) is 5.48. The van der Waals surface area contributed by atoms with Crippen LogP contribution in [-0.2, 0) is 4.74 Å². The fourth-order valence-electron chi connectivity index (χ4n) is 2.91. The van der Waals surface area contributed by atoms with E-state index in [2.05, 4.69) is 10.3 Å². The van der Waals surface area contributed by atoms with E-state index >= 15 is 0 Å². The lowest BCUT2D eigenvalue weighted by Gasteiger charge is -2.24. The van der Waals surface area contributed by atoms with Gasteiger partial charge >= 0.3 is 6.09 Å². The maximum absolute atomic E-state index is 12.3. The molecule has 27 heavy (non-hydrogen) atoms. The maximum atomic E-state index is 12.3. The first-order valence-corrected chi connectivity index (χ1v) is 9.09. The van der Waals surface area contributed by atoms with Crippen LogP contribution in [0.15, 0.2) is 40.9 Å². The number of nitrogens with one attached hydrogen (secondary N) is 1. The number of benzene rings is 1. The van der Waals surface area contributed by atoms with Crippen molar-refractivity contribution in [3.05, 3.63) is 42.3 Å². The predicted octanol–water partition coefficient (Wildman–Crippen LogP) is 3.33. The van der Waals surface area contributed by atoms with Crippen molar-refractivity contribution >= 4 is 12.0 Å². The minimum Gasteiger partial charge on any atom is -0.444 e. The zero-order valence-corrected chi connectivity index (χ0v) is 15.9. The van der Waals surface area contributed by atoms with Crippen LogP contribution < -0.4 is 5.32 Å². The Morgan fingerprint density at radius 2 is 2.04 bits per heavy atom. The van der Waals surface area contributed by atoms with Crippen molar-refractivity contribution in [3.63, 3.8) is 0 Å². The molecule has 2 heterocycles.